The lowest BCUT2D eigenvalue weighted by molar-refractivity contribution is -0.326. The minimum atomic E-state index is -0.655. The number of rotatable bonds is 32. The number of esters is 2. The lowest BCUT2D eigenvalue weighted by atomic mass is 10.1. The highest BCUT2D eigenvalue weighted by atomic mass is 16.8. The predicted molar refractivity (Wildman–Crippen MR) is 246 cm³/mol. The molecule has 0 bridgehead atoms. The molecule has 2 aromatic carbocycles. The van der Waals surface area contributed by atoms with Crippen molar-refractivity contribution in [2.45, 2.75) is 116 Å². The molecule has 2 atom stereocenters. The molecule has 0 unspecified atom stereocenters. The molecule has 1 fully saturated rings. The highest BCUT2D eigenvalue weighted by Gasteiger charge is 2.29. The van der Waals surface area contributed by atoms with E-state index in [1.54, 1.807) is 12.4 Å². The van der Waals surface area contributed by atoms with Crippen molar-refractivity contribution in [1.29, 1.82) is 0 Å². The molecule has 1 saturated heterocycles. The van der Waals surface area contributed by atoms with Crippen LogP contribution in [0.4, 0.5) is 0 Å². The minimum absolute atomic E-state index is 0.341. The van der Waals surface area contributed by atoms with Crippen LogP contribution in [0.25, 0.3) is 22.5 Å². The Morgan fingerprint density at radius 3 is 1.20 bits per heavy atom. The van der Waals surface area contributed by atoms with Crippen molar-refractivity contribution in [2.75, 3.05) is 39.6 Å². The van der Waals surface area contributed by atoms with Crippen molar-refractivity contribution in [3.63, 3.8) is 0 Å². The van der Waals surface area contributed by atoms with Crippen LogP contribution in [-0.4, -0.2) is 74.1 Å². The molecule has 1 aliphatic heterocycles. The second-order valence-corrected chi connectivity index (χ2v) is 15.6. The van der Waals surface area contributed by atoms with Gasteiger partial charge in [-0.2, -0.15) is 0 Å². The molecule has 0 N–H and O–H groups in total. The summed E-state index contributed by atoms with van der Waals surface area (Å²) >= 11 is 0. The number of unbranched alkanes of at least 4 members (excludes halogenated alkanes) is 12. The van der Waals surface area contributed by atoms with E-state index in [0.29, 0.717) is 52.9 Å². The van der Waals surface area contributed by atoms with Crippen LogP contribution in [0.5, 0.6) is 11.5 Å². The molecule has 0 spiro atoms. The minimum Gasteiger partial charge on any atom is -0.492 e. The number of hydrogen-bond donors (Lipinski definition) is 0. The molecule has 0 radical (unpaired) electrons. The zero-order valence-corrected chi connectivity index (χ0v) is 37.3. The summed E-state index contributed by atoms with van der Waals surface area (Å²) in [5.74, 6) is 0.828. The molecule has 4 aromatic rings. The summed E-state index contributed by atoms with van der Waals surface area (Å²) in [6.45, 7) is 10.6. The Kier molecular flexibility index (Phi) is 23.2. The van der Waals surface area contributed by atoms with Crippen LogP contribution in [0.15, 0.2) is 111 Å². The number of pyridine rings is 2. The molecule has 64 heavy (non-hydrogen) atoms. The third kappa shape index (κ3) is 19.1. The summed E-state index contributed by atoms with van der Waals surface area (Å²) in [4.78, 5) is 31.4. The van der Waals surface area contributed by atoms with Gasteiger partial charge in [0, 0.05) is 23.3 Å². The first-order valence-electron chi connectivity index (χ1n) is 22.9. The summed E-state index contributed by atoms with van der Waals surface area (Å²) in [5.41, 5.74) is 5.74. The molecule has 0 aliphatic carbocycles. The van der Waals surface area contributed by atoms with E-state index in [1.807, 2.05) is 72.8 Å². The SMILES string of the molecule is C=CC(=O)OCCCCCCCCCOc1ccc(-c2ccc(CO[C@@H]3OCCO[C@H]3OCc3ccc(-c4ccc(OCCCCCCCCCOC(=O)C=C)cn4)cc3)cc2)nc1. The van der Waals surface area contributed by atoms with E-state index in [-0.39, 0.29) is 11.9 Å². The van der Waals surface area contributed by atoms with Gasteiger partial charge in [-0.3, -0.25) is 9.97 Å². The van der Waals surface area contributed by atoms with Gasteiger partial charge in [0.2, 0.25) is 12.6 Å². The number of carbonyl (C=O) groups excluding carboxylic acids is 2. The Morgan fingerprint density at radius 2 is 0.859 bits per heavy atom. The van der Waals surface area contributed by atoms with Crippen LogP contribution in [-0.2, 0) is 51.2 Å². The van der Waals surface area contributed by atoms with Crippen molar-refractivity contribution in [3.8, 4) is 34.0 Å². The van der Waals surface area contributed by atoms with Crippen LogP contribution in [0.2, 0.25) is 0 Å². The molecule has 3 heterocycles. The smallest absolute Gasteiger partial charge is 0.330 e. The Bertz CT molecular complexity index is 1780. The van der Waals surface area contributed by atoms with Crippen LogP contribution in [0, 0.1) is 0 Å². The molecular formula is C52H66N2O10. The van der Waals surface area contributed by atoms with E-state index < -0.39 is 12.6 Å². The molecule has 5 rings (SSSR count). The fourth-order valence-corrected chi connectivity index (χ4v) is 6.93. The van der Waals surface area contributed by atoms with Gasteiger partial charge in [-0.05, 0) is 61.1 Å². The maximum atomic E-state index is 11.1. The van der Waals surface area contributed by atoms with E-state index in [0.717, 1.165) is 109 Å². The van der Waals surface area contributed by atoms with Crippen molar-refractivity contribution in [3.05, 3.63) is 122 Å². The zero-order valence-electron chi connectivity index (χ0n) is 37.3. The molecule has 344 valence electrons. The molecule has 1 aliphatic rings. The molecular weight excluding hydrogens is 813 g/mol. The summed E-state index contributed by atoms with van der Waals surface area (Å²) in [7, 11) is 0. The topological polar surface area (TPSA) is 134 Å². The van der Waals surface area contributed by atoms with Crippen molar-refractivity contribution >= 4 is 11.9 Å². The first kappa shape index (κ1) is 49.6. The Hall–Kier alpha value is -5.40. The maximum absolute atomic E-state index is 11.1. The largest absolute Gasteiger partial charge is 0.492 e. The lowest BCUT2D eigenvalue weighted by Gasteiger charge is -2.31. The number of aromatic nitrogens is 2. The van der Waals surface area contributed by atoms with E-state index in [4.69, 9.17) is 37.9 Å². The number of benzene rings is 2. The lowest BCUT2D eigenvalue weighted by Crippen LogP contribution is -2.41. The second-order valence-electron chi connectivity index (χ2n) is 15.6. The van der Waals surface area contributed by atoms with E-state index in [2.05, 4.69) is 23.1 Å². The molecule has 0 saturated carbocycles. The van der Waals surface area contributed by atoms with Crippen LogP contribution >= 0.6 is 0 Å². The Balaban J connectivity index is 0.928. The highest BCUT2D eigenvalue weighted by Crippen LogP contribution is 2.24. The first-order chi connectivity index (χ1) is 31.5. The normalized spacial score (nSPS) is 14.7. The zero-order chi connectivity index (χ0) is 44.9. The average molecular weight is 879 g/mol. The number of ether oxygens (including phenoxy) is 8. The Morgan fingerprint density at radius 1 is 0.500 bits per heavy atom. The van der Waals surface area contributed by atoms with Gasteiger partial charge >= 0.3 is 11.9 Å². The molecule has 12 nitrogen and oxygen atoms in total. The monoisotopic (exact) mass is 878 g/mol. The highest BCUT2D eigenvalue weighted by molar-refractivity contribution is 5.81. The van der Waals surface area contributed by atoms with Gasteiger partial charge in [-0.1, -0.05) is 126 Å². The number of hydrogen-bond acceptors (Lipinski definition) is 12. The molecule has 2 aromatic heterocycles. The summed E-state index contributed by atoms with van der Waals surface area (Å²) in [5, 5.41) is 0. The van der Waals surface area contributed by atoms with Crippen molar-refractivity contribution < 1.29 is 47.5 Å². The van der Waals surface area contributed by atoms with Gasteiger partial charge in [0.1, 0.15) is 11.5 Å². The number of carbonyl (C=O) groups is 2. The fraction of sp³-hybridized carbons (Fsp3) is 0.462. The van der Waals surface area contributed by atoms with Gasteiger partial charge in [0.15, 0.2) is 0 Å². The first-order valence-corrected chi connectivity index (χ1v) is 22.9. The van der Waals surface area contributed by atoms with Crippen LogP contribution in [0.3, 0.4) is 0 Å². The van der Waals surface area contributed by atoms with Crippen molar-refractivity contribution in [2.24, 2.45) is 0 Å². The third-order valence-corrected chi connectivity index (χ3v) is 10.6. The van der Waals surface area contributed by atoms with Crippen LogP contribution in [0.1, 0.15) is 101 Å². The van der Waals surface area contributed by atoms with Crippen LogP contribution < -0.4 is 9.47 Å². The van der Waals surface area contributed by atoms with Gasteiger partial charge in [0.25, 0.3) is 0 Å². The van der Waals surface area contributed by atoms with Gasteiger partial charge in [-0.25, -0.2) is 9.59 Å². The summed E-state index contributed by atoms with van der Waals surface area (Å²) < 4.78 is 45.9. The molecule has 12 heteroatoms. The third-order valence-electron chi connectivity index (χ3n) is 10.6. The predicted octanol–water partition coefficient (Wildman–Crippen LogP) is 10.9. The molecule has 0 amide bonds. The van der Waals surface area contributed by atoms with E-state index >= 15 is 0 Å². The quantitative estimate of drug-likeness (QED) is 0.0263. The maximum Gasteiger partial charge on any atom is 0.330 e. The number of nitrogens with zero attached hydrogens (tertiary/aromatic N) is 2. The summed E-state index contributed by atoms with van der Waals surface area (Å²) in [6, 6.07) is 24.1. The second kappa shape index (κ2) is 29.9. The van der Waals surface area contributed by atoms with Gasteiger partial charge in [0.05, 0.1) is 76.6 Å². The standard InChI is InChI=1S/C52H66N2O10/c1-3-49(55)59-33-17-13-9-5-7-11-15-31-57-45-27-29-47(53-37-45)43-23-19-41(20-24-43)39-63-51-52(62-36-35-61-51)64-40-42-21-25-44(26-22-42)48-30-28-46(38-54-48)58-32-16-12-8-6-10-14-18-34-60-50(56)4-2/h3-4,19-30,37-38,51-52H,1-2,5-18,31-36,39-40H2/t51-,52-/m0/s1. The fourth-order valence-electron chi connectivity index (χ4n) is 6.93. The van der Waals surface area contributed by atoms with E-state index in [9.17, 15) is 9.59 Å². The average Bonchev–Trinajstić information content (AvgIpc) is 3.34. The van der Waals surface area contributed by atoms with Gasteiger partial charge in [-0.15, -0.1) is 0 Å². The van der Waals surface area contributed by atoms with Gasteiger partial charge < -0.3 is 37.9 Å². The van der Waals surface area contributed by atoms with E-state index in [1.165, 1.54) is 37.8 Å². The summed E-state index contributed by atoms with van der Waals surface area (Å²) in [6.07, 6.45) is 19.7. The Labute approximate surface area is 379 Å². The van der Waals surface area contributed by atoms with Crippen molar-refractivity contribution in [1.82, 2.24) is 9.97 Å².